The van der Waals surface area contributed by atoms with E-state index < -0.39 is 7.82 Å². The molecule has 0 aliphatic carbocycles. The second-order valence-corrected chi connectivity index (χ2v) is 12.2. The average molecular weight is 474 g/mol. The summed E-state index contributed by atoms with van der Waals surface area (Å²) in [5.41, 5.74) is 0. The number of hydrogen-bond acceptors (Lipinski definition) is 4. The van der Waals surface area contributed by atoms with Crippen LogP contribution in [0.4, 0.5) is 0 Å². The Morgan fingerprint density at radius 2 is 1.22 bits per heavy atom. The molecule has 2 atom stereocenters. The zero-order chi connectivity index (χ0) is 23.1. The van der Waals surface area contributed by atoms with Crippen molar-refractivity contribution < 1.29 is 23.0 Å². The van der Waals surface area contributed by atoms with Crippen molar-refractivity contribution in [1.29, 1.82) is 0 Å². The van der Waals surface area contributed by atoms with Crippen molar-refractivity contribution in [3.63, 3.8) is 0 Å². The van der Waals surface area contributed by atoms with Gasteiger partial charge in [0.25, 0.3) is 7.82 Å². The molecule has 3 aliphatic rings. The Hall–Kier alpha value is 0.0700. The molecule has 0 amide bonds. The second kappa shape index (κ2) is 15.9. The Morgan fingerprint density at radius 1 is 0.781 bits per heavy atom. The maximum atomic E-state index is 12.2. The third-order valence-corrected chi connectivity index (χ3v) is 8.77. The van der Waals surface area contributed by atoms with E-state index in [9.17, 15) is 9.46 Å². The van der Waals surface area contributed by atoms with Crippen LogP contribution in [0.25, 0.3) is 0 Å². The summed E-state index contributed by atoms with van der Waals surface area (Å²) >= 11 is 0. The lowest BCUT2D eigenvalue weighted by Gasteiger charge is -2.50. The molecule has 5 nitrogen and oxygen atoms in total. The van der Waals surface area contributed by atoms with Crippen LogP contribution in [0.5, 0.6) is 0 Å². The molecule has 0 radical (unpaired) electrons. The average Bonchev–Trinajstić information content (AvgIpc) is 2.75. The number of phosphoric acid groups is 1. The van der Waals surface area contributed by atoms with Crippen LogP contribution in [0.1, 0.15) is 122 Å². The van der Waals surface area contributed by atoms with Crippen molar-refractivity contribution in [3.05, 3.63) is 0 Å². The number of hydrogen-bond donors (Lipinski definition) is 0. The normalized spacial score (nSPS) is 27.0. The van der Waals surface area contributed by atoms with Crippen molar-refractivity contribution in [2.75, 3.05) is 33.3 Å². The van der Waals surface area contributed by atoms with E-state index in [0.717, 1.165) is 49.8 Å². The molecule has 2 unspecified atom stereocenters. The third-order valence-electron chi connectivity index (χ3n) is 7.74. The van der Waals surface area contributed by atoms with Crippen LogP contribution in [-0.2, 0) is 13.6 Å². The van der Waals surface area contributed by atoms with Crippen LogP contribution in [0.3, 0.4) is 0 Å². The molecule has 190 valence electrons. The van der Waals surface area contributed by atoms with Gasteiger partial charge in [-0.15, -0.1) is 0 Å². The largest absolute Gasteiger partial charge is 0.756 e. The van der Waals surface area contributed by atoms with Crippen LogP contribution in [0.2, 0.25) is 0 Å². The van der Waals surface area contributed by atoms with Crippen LogP contribution in [0, 0.1) is 5.92 Å². The summed E-state index contributed by atoms with van der Waals surface area (Å²) < 4.78 is 23.8. The number of likely N-dealkylation sites (N-methyl/N-ethyl adjacent to an activating group) is 1. The number of phosphoric ester groups is 1. The topological polar surface area (TPSA) is 58.6 Å². The molecular weight excluding hydrogens is 421 g/mol. The highest BCUT2D eigenvalue weighted by Crippen LogP contribution is 2.45. The van der Waals surface area contributed by atoms with Gasteiger partial charge in [-0.25, -0.2) is 0 Å². The summed E-state index contributed by atoms with van der Waals surface area (Å²) in [7, 11) is -1.96. The zero-order valence-electron chi connectivity index (χ0n) is 21.2. The molecule has 0 spiro atoms. The molecule has 2 bridgehead atoms. The fraction of sp³-hybridized carbons (Fsp3) is 1.00. The number of rotatable bonds is 20. The number of unbranched alkanes of at least 4 members (excludes halogenated alkanes) is 15. The SMILES string of the molecule is CCCCCCCCCCCCCCCCCCOP(=O)([O-])OC1C[N+]2(C)CCC1CC2. The summed E-state index contributed by atoms with van der Waals surface area (Å²) in [6.07, 6.45) is 22.9. The monoisotopic (exact) mass is 473 g/mol. The predicted molar refractivity (Wildman–Crippen MR) is 131 cm³/mol. The van der Waals surface area contributed by atoms with Crippen LogP contribution >= 0.6 is 7.82 Å². The van der Waals surface area contributed by atoms with Crippen molar-refractivity contribution >= 4 is 7.82 Å². The molecule has 0 aromatic rings. The molecule has 32 heavy (non-hydrogen) atoms. The van der Waals surface area contributed by atoms with E-state index >= 15 is 0 Å². The molecule has 0 N–H and O–H groups in total. The molecular formula is C26H52NO4P. The van der Waals surface area contributed by atoms with Gasteiger partial charge in [0.15, 0.2) is 0 Å². The molecule has 3 heterocycles. The maximum Gasteiger partial charge on any atom is 0.268 e. The standard InChI is InChI=1S/C26H52NO4P/c1-3-4-5-6-7-8-9-10-11-12-13-14-15-16-17-18-23-30-32(28,29)31-26-24-27(2)21-19-25(26)20-22-27/h25-26H,3-24H2,1-2H3. The molecule has 3 fully saturated rings. The summed E-state index contributed by atoms with van der Waals surface area (Å²) in [6.45, 7) is 5.64. The summed E-state index contributed by atoms with van der Waals surface area (Å²) in [5.74, 6) is 0.386. The van der Waals surface area contributed by atoms with Gasteiger partial charge in [0.2, 0.25) is 0 Å². The fourth-order valence-corrected chi connectivity index (χ4v) is 6.48. The lowest BCUT2D eigenvalue weighted by molar-refractivity contribution is -0.928. The van der Waals surface area contributed by atoms with Crippen molar-refractivity contribution in [2.45, 2.75) is 129 Å². The van der Waals surface area contributed by atoms with E-state index in [1.807, 2.05) is 0 Å². The predicted octanol–water partition coefficient (Wildman–Crippen LogP) is 6.99. The van der Waals surface area contributed by atoms with Gasteiger partial charge in [-0.05, 0) is 6.42 Å². The minimum Gasteiger partial charge on any atom is -0.756 e. The quantitative estimate of drug-likeness (QED) is 0.109. The Labute approximate surface area is 198 Å². The van der Waals surface area contributed by atoms with E-state index in [4.69, 9.17) is 9.05 Å². The molecule has 0 aromatic carbocycles. The van der Waals surface area contributed by atoms with Gasteiger partial charge in [0.1, 0.15) is 12.6 Å². The number of fused-ring (bicyclic) bond motifs is 3. The first-order chi connectivity index (χ1) is 15.4. The Kier molecular flexibility index (Phi) is 14.0. The van der Waals surface area contributed by atoms with E-state index in [1.165, 1.54) is 89.9 Å². The Bertz CT molecular complexity index is 522. The lowest BCUT2D eigenvalue weighted by Crippen LogP contribution is -2.61. The van der Waals surface area contributed by atoms with Gasteiger partial charge in [0.05, 0.1) is 26.7 Å². The van der Waals surface area contributed by atoms with Crippen molar-refractivity contribution in [3.8, 4) is 0 Å². The number of nitrogens with zero attached hydrogens (tertiary/aromatic N) is 1. The summed E-state index contributed by atoms with van der Waals surface area (Å²) in [5, 5.41) is 0. The van der Waals surface area contributed by atoms with Crippen LogP contribution in [-0.4, -0.2) is 43.9 Å². The maximum absolute atomic E-state index is 12.2. The molecule has 3 aliphatic heterocycles. The molecule has 6 heteroatoms. The third kappa shape index (κ3) is 12.0. The zero-order valence-corrected chi connectivity index (χ0v) is 22.1. The summed E-state index contributed by atoms with van der Waals surface area (Å²) in [4.78, 5) is 12.2. The Morgan fingerprint density at radius 3 is 1.66 bits per heavy atom. The van der Waals surface area contributed by atoms with Gasteiger partial charge < -0.3 is 18.4 Å². The highest BCUT2D eigenvalue weighted by atomic mass is 31.2. The van der Waals surface area contributed by atoms with E-state index in [2.05, 4.69) is 14.0 Å². The number of piperidine rings is 3. The van der Waals surface area contributed by atoms with E-state index in [0.29, 0.717) is 5.92 Å². The first-order valence-corrected chi connectivity index (χ1v) is 15.4. The van der Waals surface area contributed by atoms with Gasteiger partial charge in [-0.2, -0.15) is 0 Å². The van der Waals surface area contributed by atoms with Crippen LogP contribution in [0.15, 0.2) is 0 Å². The fourth-order valence-electron chi connectivity index (χ4n) is 5.49. The van der Waals surface area contributed by atoms with Crippen molar-refractivity contribution in [2.24, 2.45) is 5.92 Å². The molecule has 0 saturated carbocycles. The van der Waals surface area contributed by atoms with Crippen LogP contribution < -0.4 is 4.89 Å². The van der Waals surface area contributed by atoms with Crippen molar-refractivity contribution in [1.82, 2.24) is 0 Å². The summed E-state index contributed by atoms with van der Waals surface area (Å²) in [6, 6.07) is 0. The minimum atomic E-state index is -4.17. The van der Waals surface area contributed by atoms with E-state index in [-0.39, 0.29) is 12.7 Å². The first kappa shape index (κ1) is 28.3. The second-order valence-electron chi connectivity index (χ2n) is 10.8. The first-order valence-electron chi connectivity index (χ1n) is 13.9. The van der Waals surface area contributed by atoms with Gasteiger partial charge in [-0.3, -0.25) is 4.57 Å². The van der Waals surface area contributed by atoms with Gasteiger partial charge >= 0.3 is 0 Å². The lowest BCUT2D eigenvalue weighted by atomic mass is 9.84. The van der Waals surface area contributed by atoms with Gasteiger partial charge in [0, 0.05) is 18.8 Å². The highest BCUT2D eigenvalue weighted by Gasteiger charge is 2.45. The Balaban J connectivity index is 1.34. The molecule has 3 rings (SSSR count). The molecule has 0 aromatic heterocycles. The number of quaternary nitrogens is 1. The van der Waals surface area contributed by atoms with Gasteiger partial charge in [-0.1, -0.05) is 103 Å². The van der Waals surface area contributed by atoms with E-state index in [1.54, 1.807) is 0 Å². The highest BCUT2D eigenvalue weighted by molar-refractivity contribution is 7.45. The molecule has 3 saturated heterocycles. The smallest absolute Gasteiger partial charge is 0.268 e. The minimum absolute atomic E-state index is 0.184.